The van der Waals surface area contributed by atoms with Gasteiger partial charge in [0.25, 0.3) is 5.76 Å². The van der Waals surface area contributed by atoms with Crippen molar-refractivity contribution in [3.05, 3.63) is 63.7 Å². The highest BCUT2D eigenvalue weighted by Gasteiger charge is 2.24. The Kier molecular flexibility index (Phi) is 7.38. The molecule has 140 valence electrons. The summed E-state index contributed by atoms with van der Waals surface area (Å²) in [4.78, 5) is 24.0. The summed E-state index contributed by atoms with van der Waals surface area (Å²) in [6.45, 7) is -0.115. The highest BCUT2D eigenvalue weighted by molar-refractivity contribution is 9.09. The molecule has 0 saturated carbocycles. The summed E-state index contributed by atoms with van der Waals surface area (Å²) in [5, 5.41) is 9.06. The van der Waals surface area contributed by atoms with Gasteiger partial charge in [0.05, 0.1) is 18.5 Å². The standard InChI is InChI=1S/C18H20BrNO6/c1-24-18(23)17-16(25-10-11-5-3-2-4-6-11)14(22)8-15(26-17)13(19)7-12(20)9-21/h2-6,8,12-13,21H,7,9-10,20H2,1H3. The fraction of sp³-hybridized carbons (Fsp3) is 0.333. The number of carbonyl (C=O) groups is 1. The Labute approximate surface area is 158 Å². The molecule has 7 nitrogen and oxygen atoms in total. The van der Waals surface area contributed by atoms with E-state index >= 15 is 0 Å². The van der Waals surface area contributed by atoms with Gasteiger partial charge in [-0.15, -0.1) is 0 Å². The lowest BCUT2D eigenvalue weighted by molar-refractivity contribution is 0.0549. The number of alkyl halides is 1. The zero-order chi connectivity index (χ0) is 19.1. The summed E-state index contributed by atoms with van der Waals surface area (Å²) in [5.74, 6) is -1.15. The average Bonchev–Trinajstić information content (AvgIpc) is 2.66. The number of carbonyl (C=O) groups excluding carboxylic acids is 1. The fourth-order valence-electron chi connectivity index (χ4n) is 2.20. The number of methoxy groups -OCH3 is 1. The highest BCUT2D eigenvalue weighted by Crippen LogP contribution is 2.29. The molecule has 0 amide bonds. The van der Waals surface area contributed by atoms with Gasteiger partial charge in [0.2, 0.25) is 11.2 Å². The minimum Gasteiger partial charge on any atom is -0.481 e. The lowest BCUT2D eigenvalue weighted by Crippen LogP contribution is -2.26. The van der Waals surface area contributed by atoms with Gasteiger partial charge in [-0.2, -0.15) is 0 Å². The fourth-order valence-corrected chi connectivity index (χ4v) is 2.91. The van der Waals surface area contributed by atoms with Gasteiger partial charge in [0.15, 0.2) is 0 Å². The Bertz CT molecular complexity index is 792. The molecule has 1 aromatic heterocycles. The predicted octanol–water partition coefficient (Wildman–Crippen LogP) is 2.15. The van der Waals surface area contributed by atoms with Gasteiger partial charge in [-0.05, 0) is 12.0 Å². The van der Waals surface area contributed by atoms with Crippen LogP contribution in [-0.2, 0) is 11.3 Å². The van der Waals surface area contributed by atoms with Crippen molar-refractivity contribution in [1.29, 1.82) is 0 Å². The van der Waals surface area contributed by atoms with Crippen molar-refractivity contribution < 1.29 is 23.8 Å². The second-order valence-corrected chi connectivity index (χ2v) is 6.69. The first kappa shape index (κ1) is 20.2. The molecule has 0 aliphatic heterocycles. The van der Waals surface area contributed by atoms with Crippen LogP contribution < -0.4 is 15.9 Å². The van der Waals surface area contributed by atoms with E-state index in [1.807, 2.05) is 30.3 Å². The summed E-state index contributed by atoms with van der Waals surface area (Å²) in [7, 11) is 1.18. The molecule has 1 heterocycles. The van der Waals surface area contributed by atoms with E-state index in [1.54, 1.807) is 0 Å². The molecule has 0 spiro atoms. The topological polar surface area (TPSA) is 112 Å². The molecule has 0 saturated heterocycles. The van der Waals surface area contributed by atoms with E-state index in [0.29, 0.717) is 6.42 Å². The van der Waals surface area contributed by atoms with Gasteiger partial charge < -0.3 is 24.7 Å². The SMILES string of the molecule is COC(=O)c1oc(C(Br)CC(N)CO)cc(=O)c1OCc1ccccc1. The van der Waals surface area contributed by atoms with E-state index < -0.39 is 22.3 Å². The van der Waals surface area contributed by atoms with Crippen LogP contribution in [0.15, 0.2) is 45.6 Å². The van der Waals surface area contributed by atoms with Crippen LogP contribution in [0, 0.1) is 0 Å². The number of halogens is 1. The summed E-state index contributed by atoms with van der Waals surface area (Å²) in [6, 6.07) is 9.93. The molecule has 0 bridgehead atoms. The maximum Gasteiger partial charge on any atom is 0.378 e. The normalized spacial score (nSPS) is 13.1. The second kappa shape index (κ2) is 9.51. The first-order chi connectivity index (χ1) is 12.5. The smallest absolute Gasteiger partial charge is 0.378 e. The highest BCUT2D eigenvalue weighted by atomic mass is 79.9. The van der Waals surface area contributed by atoms with E-state index in [9.17, 15) is 9.59 Å². The Hall–Kier alpha value is -2.16. The Morgan fingerprint density at radius 1 is 1.35 bits per heavy atom. The average molecular weight is 426 g/mol. The monoisotopic (exact) mass is 425 g/mol. The lowest BCUT2D eigenvalue weighted by atomic mass is 10.1. The van der Waals surface area contributed by atoms with Gasteiger partial charge in [0.1, 0.15) is 12.4 Å². The molecule has 2 rings (SSSR count). The van der Waals surface area contributed by atoms with Crippen LogP contribution in [0.1, 0.15) is 33.1 Å². The number of aliphatic hydroxyl groups is 1. The van der Waals surface area contributed by atoms with Gasteiger partial charge in [-0.25, -0.2) is 4.79 Å². The van der Waals surface area contributed by atoms with Crippen molar-refractivity contribution in [3.63, 3.8) is 0 Å². The van der Waals surface area contributed by atoms with Gasteiger partial charge in [-0.3, -0.25) is 4.79 Å². The molecule has 0 aliphatic carbocycles. The Morgan fingerprint density at radius 2 is 2.04 bits per heavy atom. The number of hydrogen-bond acceptors (Lipinski definition) is 7. The van der Waals surface area contributed by atoms with Gasteiger partial charge in [-0.1, -0.05) is 46.3 Å². The second-order valence-electron chi connectivity index (χ2n) is 5.58. The minimum absolute atomic E-state index is 0.0993. The molecule has 0 aliphatic rings. The molecule has 2 atom stereocenters. The number of benzene rings is 1. The number of esters is 1. The van der Waals surface area contributed by atoms with Crippen molar-refractivity contribution in [2.75, 3.05) is 13.7 Å². The number of nitrogens with two attached hydrogens (primary N) is 1. The largest absolute Gasteiger partial charge is 0.481 e. The van der Waals surface area contributed by atoms with E-state index in [4.69, 9.17) is 20.0 Å². The maximum absolute atomic E-state index is 12.5. The van der Waals surface area contributed by atoms with Crippen LogP contribution in [0.5, 0.6) is 5.75 Å². The van der Waals surface area contributed by atoms with E-state index in [1.165, 1.54) is 13.2 Å². The third-order valence-corrected chi connectivity index (χ3v) is 4.40. The van der Waals surface area contributed by atoms with E-state index in [-0.39, 0.29) is 30.5 Å². The maximum atomic E-state index is 12.5. The Morgan fingerprint density at radius 3 is 2.65 bits per heavy atom. The van der Waals surface area contributed by atoms with Crippen molar-refractivity contribution in [2.24, 2.45) is 5.73 Å². The van der Waals surface area contributed by atoms with Crippen molar-refractivity contribution in [3.8, 4) is 5.75 Å². The predicted molar refractivity (Wildman–Crippen MR) is 98.4 cm³/mol. The number of hydrogen-bond donors (Lipinski definition) is 2. The summed E-state index contributed by atoms with van der Waals surface area (Å²) in [6.07, 6.45) is 0.310. The molecule has 2 unspecified atom stereocenters. The molecule has 3 N–H and O–H groups in total. The van der Waals surface area contributed by atoms with E-state index in [0.717, 1.165) is 5.56 Å². The van der Waals surface area contributed by atoms with Gasteiger partial charge >= 0.3 is 5.97 Å². The zero-order valence-electron chi connectivity index (χ0n) is 14.2. The lowest BCUT2D eigenvalue weighted by Gasteiger charge is -2.15. The quantitative estimate of drug-likeness (QED) is 0.491. The van der Waals surface area contributed by atoms with Crippen LogP contribution in [0.4, 0.5) is 0 Å². The number of rotatable bonds is 8. The molecule has 1 aromatic carbocycles. The van der Waals surface area contributed by atoms with Crippen LogP contribution in [0.25, 0.3) is 0 Å². The minimum atomic E-state index is -0.821. The van der Waals surface area contributed by atoms with Crippen LogP contribution in [-0.4, -0.2) is 30.8 Å². The molecule has 8 heteroatoms. The van der Waals surface area contributed by atoms with Crippen molar-refractivity contribution >= 4 is 21.9 Å². The van der Waals surface area contributed by atoms with Crippen molar-refractivity contribution in [1.82, 2.24) is 0 Å². The summed E-state index contributed by atoms with van der Waals surface area (Å²) < 4.78 is 15.8. The van der Waals surface area contributed by atoms with Gasteiger partial charge in [0, 0.05) is 12.1 Å². The molecular formula is C18H20BrNO6. The number of aliphatic hydroxyl groups excluding tert-OH is 1. The third-order valence-electron chi connectivity index (χ3n) is 3.57. The summed E-state index contributed by atoms with van der Waals surface area (Å²) >= 11 is 3.35. The molecule has 2 aromatic rings. The first-order valence-electron chi connectivity index (χ1n) is 7.89. The third kappa shape index (κ3) is 5.17. The molecule has 0 radical (unpaired) electrons. The van der Waals surface area contributed by atoms with Crippen LogP contribution in [0.3, 0.4) is 0 Å². The van der Waals surface area contributed by atoms with Crippen LogP contribution in [0.2, 0.25) is 0 Å². The molecule has 0 fully saturated rings. The number of ether oxygens (including phenoxy) is 2. The first-order valence-corrected chi connectivity index (χ1v) is 8.81. The van der Waals surface area contributed by atoms with E-state index in [2.05, 4.69) is 20.7 Å². The zero-order valence-corrected chi connectivity index (χ0v) is 15.8. The van der Waals surface area contributed by atoms with Crippen LogP contribution >= 0.6 is 15.9 Å². The molecular weight excluding hydrogens is 406 g/mol. The summed E-state index contributed by atoms with van der Waals surface area (Å²) in [5.41, 5.74) is 6.02. The van der Waals surface area contributed by atoms with Crippen molar-refractivity contribution in [2.45, 2.75) is 23.9 Å². The Balaban J connectivity index is 2.32. The molecule has 26 heavy (non-hydrogen) atoms.